The molecule has 0 saturated carbocycles. The molecule has 0 spiro atoms. The van der Waals surface area contributed by atoms with Crippen molar-refractivity contribution in [2.75, 3.05) is 18.7 Å². The molecule has 6 rings (SSSR count). The van der Waals surface area contributed by atoms with Crippen molar-refractivity contribution in [1.29, 1.82) is 0 Å². The summed E-state index contributed by atoms with van der Waals surface area (Å²) in [6.45, 7) is 0. The van der Waals surface area contributed by atoms with E-state index in [0.717, 1.165) is 43.9 Å². The van der Waals surface area contributed by atoms with Crippen molar-refractivity contribution in [3.8, 4) is 11.5 Å². The zero-order valence-electron chi connectivity index (χ0n) is 18.5. The number of methoxy groups -OCH3 is 1. The topological polar surface area (TPSA) is 61.2 Å². The number of hydrogen-bond acceptors (Lipinski definition) is 6. The van der Waals surface area contributed by atoms with Crippen LogP contribution in [0.3, 0.4) is 0 Å². The molecule has 4 aromatic rings. The highest BCUT2D eigenvalue weighted by molar-refractivity contribution is 9.10. The minimum Gasteiger partial charge on any atom is -0.496 e. The van der Waals surface area contributed by atoms with Crippen LogP contribution in [0.4, 0.5) is 5.95 Å². The molecule has 1 N–H and O–H groups in total. The predicted molar refractivity (Wildman–Crippen MR) is 137 cm³/mol. The molecule has 34 heavy (non-hydrogen) atoms. The number of rotatable bonds is 4. The summed E-state index contributed by atoms with van der Waals surface area (Å²) >= 11 is 5.38. The first-order valence-electron chi connectivity index (χ1n) is 10.8. The van der Waals surface area contributed by atoms with E-state index in [1.54, 1.807) is 25.2 Å². The summed E-state index contributed by atoms with van der Waals surface area (Å²) in [5.41, 5.74) is 5.26. The second kappa shape index (κ2) is 8.52. The lowest BCUT2D eigenvalue weighted by Gasteiger charge is -2.39. The molecular formula is C26H21BrN4O2S. The fraction of sp³-hybridized carbons (Fsp3) is 0.154. The SMILES string of the molecule is COc1ccc([C@H]2C3=C(Nc4ncnn42)c2ccccc2O[C@H]3c2ccc(SC)cc2)cc1Br. The summed E-state index contributed by atoms with van der Waals surface area (Å²) in [5, 5.41) is 8.14. The van der Waals surface area contributed by atoms with Gasteiger partial charge in [-0.1, -0.05) is 30.3 Å². The molecule has 2 atom stereocenters. The first-order valence-corrected chi connectivity index (χ1v) is 12.8. The van der Waals surface area contributed by atoms with Crippen molar-refractivity contribution >= 4 is 39.3 Å². The van der Waals surface area contributed by atoms with Gasteiger partial charge in [0.1, 0.15) is 30.0 Å². The number of thioether (sulfide) groups is 1. The number of nitrogens with zero attached hydrogens (tertiary/aromatic N) is 3. The van der Waals surface area contributed by atoms with Crippen molar-refractivity contribution in [1.82, 2.24) is 14.8 Å². The predicted octanol–water partition coefficient (Wildman–Crippen LogP) is 6.33. The van der Waals surface area contributed by atoms with Gasteiger partial charge in [0.25, 0.3) is 0 Å². The summed E-state index contributed by atoms with van der Waals surface area (Å²) < 4.78 is 15.0. The summed E-state index contributed by atoms with van der Waals surface area (Å²) in [5.74, 6) is 2.32. The van der Waals surface area contributed by atoms with E-state index < -0.39 is 0 Å². The van der Waals surface area contributed by atoms with Crippen LogP contribution in [0.2, 0.25) is 0 Å². The van der Waals surface area contributed by atoms with Crippen LogP contribution in [0.25, 0.3) is 5.70 Å². The van der Waals surface area contributed by atoms with E-state index in [1.807, 2.05) is 28.9 Å². The zero-order valence-corrected chi connectivity index (χ0v) is 20.9. The van der Waals surface area contributed by atoms with Crippen LogP contribution in [0, 0.1) is 0 Å². The standard InChI is InChI=1S/C26H21BrN4O2S/c1-32-21-12-9-16(13-19(21)27)24-22-23(30-26-28-14-29-31(24)26)18-5-3-4-6-20(18)33-25(22)15-7-10-17(34-2)11-8-15/h3-14,24-25H,1-2H3,(H,28,29,30)/t24-,25-/m0/s1. The lowest BCUT2D eigenvalue weighted by Crippen LogP contribution is -2.32. The van der Waals surface area contributed by atoms with Crippen LogP contribution in [0.5, 0.6) is 11.5 Å². The first-order chi connectivity index (χ1) is 16.7. The normalized spacial score (nSPS) is 18.3. The second-order valence-electron chi connectivity index (χ2n) is 8.05. The molecule has 6 nitrogen and oxygen atoms in total. The van der Waals surface area contributed by atoms with E-state index in [2.05, 4.69) is 80.0 Å². The molecule has 170 valence electrons. The average Bonchev–Trinajstić information content (AvgIpc) is 3.35. The van der Waals surface area contributed by atoms with Gasteiger partial charge in [0.2, 0.25) is 5.95 Å². The number of halogens is 1. The highest BCUT2D eigenvalue weighted by atomic mass is 79.9. The van der Waals surface area contributed by atoms with E-state index in [0.29, 0.717) is 5.95 Å². The summed E-state index contributed by atoms with van der Waals surface area (Å²) in [4.78, 5) is 5.71. The molecule has 2 aliphatic rings. The molecule has 1 aromatic heterocycles. The van der Waals surface area contributed by atoms with Crippen LogP contribution in [0.1, 0.15) is 28.8 Å². The van der Waals surface area contributed by atoms with Gasteiger partial charge in [-0.05, 0) is 69.7 Å². The number of aromatic nitrogens is 3. The van der Waals surface area contributed by atoms with Gasteiger partial charge in [0.05, 0.1) is 17.3 Å². The van der Waals surface area contributed by atoms with Gasteiger partial charge in [0, 0.05) is 16.0 Å². The Kier molecular flexibility index (Phi) is 5.34. The van der Waals surface area contributed by atoms with Crippen molar-refractivity contribution in [2.45, 2.75) is 17.0 Å². The largest absolute Gasteiger partial charge is 0.496 e. The van der Waals surface area contributed by atoms with Crippen LogP contribution in [-0.2, 0) is 0 Å². The van der Waals surface area contributed by atoms with E-state index >= 15 is 0 Å². The Labute approximate surface area is 210 Å². The Morgan fingerprint density at radius 2 is 1.85 bits per heavy atom. The number of para-hydroxylation sites is 1. The lowest BCUT2D eigenvalue weighted by atomic mass is 9.84. The Morgan fingerprint density at radius 1 is 1.06 bits per heavy atom. The van der Waals surface area contributed by atoms with Crippen LogP contribution >= 0.6 is 27.7 Å². The van der Waals surface area contributed by atoms with Crippen LogP contribution in [0.15, 0.2) is 88.0 Å². The summed E-state index contributed by atoms with van der Waals surface area (Å²) in [6, 6.07) is 22.6. The molecule has 3 heterocycles. The maximum absolute atomic E-state index is 6.68. The molecule has 0 bridgehead atoms. The molecule has 8 heteroatoms. The number of anilines is 1. The summed E-state index contributed by atoms with van der Waals surface area (Å²) in [7, 11) is 1.67. The molecular weight excluding hydrogens is 512 g/mol. The van der Waals surface area contributed by atoms with Gasteiger partial charge in [0.15, 0.2) is 0 Å². The van der Waals surface area contributed by atoms with Crippen LogP contribution in [-0.4, -0.2) is 28.1 Å². The van der Waals surface area contributed by atoms with E-state index in [1.165, 1.54) is 4.90 Å². The lowest BCUT2D eigenvalue weighted by molar-refractivity contribution is 0.223. The van der Waals surface area contributed by atoms with Crippen molar-refractivity contribution in [3.05, 3.63) is 99.8 Å². The van der Waals surface area contributed by atoms with Gasteiger partial charge < -0.3 is 14.8 Å². The van der Waals surface area contributed by atoms with Crippen molar-refractivity contribution in [3.63, 3.8) is 0 Å². The first kappa shape index (κ1) is 21.3. The monoisotopic (exact) mass is 532 g/mol. The molecule has 0 saturated heterocycles. The third-order valence-corrected chi connectivity index (χ3v) is 7.59. The second-order valence-corrected chi connectivity index (χ2v) is 9.78. The highest BCUT2D eigenvalue weighted by Crippen LogP contribution is 2.51. The third kappa shape index (κ3) is 3.40. The molecule has 3 aromatic carbocycles. The van der Waals surface area contributed by atoms with Crippen molar-refractivity contribution in [2.24, 2.45) is 0 Å². The molecule has 0 amide bonds. The Hall–Kier alpha value is -3.23. The quantitative estimate of drug-likeness (QED) is 0.310. The van der Waals surface area contributed by atoms with Gasteiger partial charge in [-0.2, -0.15) is 10.1 Å². The Balaban J connectivity index is 1.59. The van der Waals surface area contributed by atoms with Gasteiger partial charge in [-0.3, -0.25) is 0 Å². The minimum atomic E-state index is -0.295. The molecule has 2 aliphatic heterocycles. The molecule has 0 unspecified atom stereocenters. The van der Waals surface area contributed by atoms with Gasteiger partial charge >= 0.3 is 0 Å². The highest BCUT2D eigenvalue weighted by Gasteiger charge is 2.41. The third-order valence-electron chi connectivity index (χ3n) is 6.23. The van der Waals surface area contributed by atoms with E-state index in [4.69, 9.17) is 9.47 Å². The van der Waals surface area contributed by atoms with E-state index in [-0.39, 0.29) is 12.1 Å². The van der Waals surface area contributed by atoms with Gasteiger partial charge in [-0.25, -0.2) is 4.68 Å². The zero-order chi connectivity index (χ0) is 23.2. The maximum atomic E-state index is 6.68. The Bertz CT molecular complexity index is 1420. The smallest absolute Gasteiger partial charge is 0.226 e. The fourth-order valence-electron chi connectivity index (χ4n) is 4.64. The maximum Gasteiger partial charge on any atom is 0.226 e. The minimum absolute atomic E-state index is 0.213. The number of benzene rings is 3. The summed E-state index contributed by atoms with van der Waals surface area (Å²) in [6.07, 6.45) is 3.37. The van der Waals surface area contributed by atoms with Crippen molar-refractivity contribution < 1.29 is 9.47 Å². The number of fused-ring (bicyclic) bond motifs is 3. The number of nitrogens with one attached hydrogen (secondary N) is 1. The Morgan fingerprint density at radius 3 is 2.62 bits per heavy atom. The fourth-order valence-corrected chi connectivity index (χ4v) is 5.61. The molecule has 0 fully saturated rings. The molecule has 0 radical (unpaired) electrons. The number of hydrogen-bond donors (Lipinski definition) is 1. The molecule has 0 aliphatic carbocycles. The van der Waals surface area contributed by atoms with Crippen LogP contribution < -0.4 is 14.8 Å². The van der Waals surface area contributed by atoms with Gasteiger partial charge in [-0.15, -0.1) is 11.8 Å². The average molecular weight is 533 g/mol. The number of ether oxygens (including phenoxy) is 2. The van der Waals surface area contributed by atoms with E-state index in [9.17, 15) is 0 Å².